The molecule has 0 radical (unpaired) electrons. The lowest BCUT2D eigenvalue weighted by atomic mass is 9.96. The minimum absolute atomic E-state index is 0.386. The molecule has 0 heterocycles. The molecular weight excluding hydrogens is 243 g/mol. The van der Waals surface area contributed by atoms with Gasteiger partial charge in [-0.15, -0.1) is 0 Å². The Hall–Kier alpha value is -2.16. The molecular formula is C16H15FO2. The van der Waals surface area contributed by atoms with E-state index in [1.807, 2.05) is 30.4 Å². The highest BCUT2D eigenvalue weighted by molar-refractivity contribution is 5.78. The molecule has 0 fully saturated rings. The van der Waals surface area contributed by atoms with Crippen LogP contribution >= 0.6 is 0 Å². The minimum Gasteiger partial charge on any atom is -0.481 e. The van der Waals surface area contributed by atoms with Crippen LogP contribution in [0.3, 0.4) is 0 Å². The molecule has 0 spiro atoms. The van der Waals surface area contributed by atoms with E-state index in [2.05, 4.69) is 0 Å². The van der Waals surface area contributed by atoms with Crippen LogP contribution in [-0.4, -0.2) is 11.1 Å². The second kappa shape index (κ2) is 5.65. The van der Waals surface area contributed by atoms with E-state index in [4.69, 9.17) is 5.11 Å². The van der Waals surface area contributed by atoms with Gasteiger partial charge in [-0.3, -0.25) is 4.79 Å². The summed E-state index contributed by atoms with van der Waals surface area (Å²) in [6, 6.07) is 4.62. The smallest absolute Gasteiger partial charge is 0.310 e. The molecule has 1 aromatic carbocycles. The third kappa shape index (κ3) is 2.99. The molecule has 1 atom stereocenters. The van der Waals surface area contributed by atoms with E-state index >= 15 is 0 Å². The van der Waals surface area contributed by atoms with E-state index in [1.165, 1.54) is 6.07 Å². The molecule has 19 heavy (non-hydrogen) atoms. The molecule has 1 aromatic rings. The number of rotatable bonds is 3. The van der Waals surface area contributed by atoms with Gasteiger partial charge < -0.3 is 5.11 Å². The van der Waals surface area contributed by atoms with Gasteiger partial charge in [0.2, 0.25) is 0 Å². The van der Waals surface area contributed by atoms with E-state index in [0.29, 0.717) is 11.1 Å². The molecule has 0 aromatic heterocycles. The first kappa shape index (κ1) is 13.3. The lowest BCUT2D eigenvalue weighted by Gasteiger charge is -2.10. The number of aliphatic carboxylic acids is 1. The molecule has 0 saturated heterocycles. The highest BCUT2D eigenvalue weighted by atomic mass is 19.1. The second-order valence-electron chi connectivity index (χ2n) is 4.48. The summed E-state index contributed by atoms with van der Waals surface area (Å²) in [7, 11) is 0. The molecule has 1 aliphatic carbocycles. The van der Waals surface area contributed by atoms with Crippen molar-refractivity contribution in [2.45, 2.75) is 19.3 Å². The Kier molecular flexibility index (Phi) is 3.95. The van der Waals surface area contributed by atoms with Crippen LogP contribution in [0.1, 0.15) is 30.4 Å². The highest BCUT2D eigenvalue weighted by Crippen LogP contribution is 2.25. The molecule has 98 valence electrons. The summed E-state index contributed by atoms with van der Waals surface area (Å²) in [5.74, 6) is -2.04. The largest absolute Gasteiger partial charge is 0.481 e. The summed E-state index contributed by atoms with van der Waals surface area (Å²) in [6.07, 6.45) is 10.3. The maximum atomic E-state index is 14.1. The molecule has 3 heteroatoms. The Morgan fingerprint density at radius 1 is 1.37 bits per heavy atom. The topological polar surface area (TPSA) is 37.3 Å². The van der Waals surface area contributed by atoms with Crippen LogP contribution in [-0.2, 0) is 4.79 Å². The van der Waals surface area contributed by atoms with Crippen molar-refractivity contribution in [3.63, 3.8) is 0 Å². The summed E-state index contributed by atoms with van der Waals surface area (Å²) < 4.78 is 14.1. The first-order chi connectivity index (χ1) is 9.09. The zero-order chi connectivity index (χ0) is 13.8. The Morgan fingerprint density at radius 2 is 2.16 bits per heavy atom. The van der Waals surface area contributed by atoms with Gasteiger partial charge in [0.25, 0.3) is 0 Å². The van der Waals surface area contributed by atoms with Crippen molar-refractivity contribution in [2.75, 3.05) is 0 Å². The zero-order valence-electron chi connectivity index (χ0n) is 10.6. The molecule has 0 bridgehead atoms. The summed E-state index contributed by atoms with van der Waals surface area (Å²) in [5.41, 5.74) is 1.79. The monoisotopic (exact) mass is 258 g/mol. The number of hydrogen-bond donors (Lipinski definition) is 1. The maximum absolute atomic E-state index is 14.1. The SMILES string of the molecule is CC(C(=O)O)c1ccc(C2=CCC=CC=C2)c(F)c1. The van der Waals surface area contributed by atoms with Gasteiger partial charge in [-0.1, -0.05) is 42.5 Å². The number of halogens is 1. The highest BCUT2D eigenvalue weighted by Gasteiger charge is 2.16. The van der Waals surface area contributed by atoms with Gasteiger partial charge in [-0.2, -0.15) is 0 Å². The Morgan fingerprint density at radius 3 is 2.84 bits per heavy atom. The van der Waals surface area contributed by atoms with Crippen molar-refractivity contribution in [2.24, 2.45) is 0 Å². The third-order valence-corrected chi connectivity index (χ3v) is 3.17. The molecule has 2 nitrogen and oxygen atoms in total. The number of carbonyl (C=O) groups is 1. The van der Waals surface area contributed by atoms with E-state index < -0.39 is 11.9 Å². The van der Waals surface area contributed by atoms with Gasteiger partial charge in [-0.05, 0) is 30.5 Å². The van der Waals surface area contributed by atoms with Gasteiger partial charge >= 0.3 is 5.97 Å². The van der Waals surface area contributed by atoms with Crippen LogP contribution in [0.2, 0.25) is 0 Å². The number of carboxylic acids is 1. The van der Waals surface area contributed by atoms with Crippen molar-refractivity contribution in [3.05, 3.63) is 65.5 Å². The van der Waals surface area contributed by atoms with Crippen LogP contribution < -0.4 is 0 Å². The van der Waals surface area contributed by atoms with Crippen molar-refractivity contribution < 1.29 is 14.3 Å². The quantitative estimate of drug-likeness (QED) is 0.892. The fraction of sp³-hybridized carbons (Fsp3) is 0.188. The lowest BCUT2D eigenvalue weighted by Crippen LogP contribution is -2.08. The number of carboxylic acid groups (broad SMARTS) is 1. The van der Waals surface area contributed by atoms with Crippen molar-refractivity contribution in [1.29, 1.82) is 0 Å². The van der Waals surface area contributed by atoms with Crippen molar-refractivity contribution >= 4 is 11.5 Å². The first-order valence-electron chi connectivity index (χ1n) is 6.15. The summed E-state index contributed by atoms with van der Waals surface area (Å²) in [4.78, 5) is 10.9. The minimum atomic E-state index is -0.954. The molecule has 0 saturated carbocycles. The van der Waals surface area contributed by atoms with Crippen LogP contribution in [0.25, 0.3) is 5.57 Å². The van der Waals surface area contributed by atoms with Crippen LogP contribution in [0.4, 0.5) is 4.39 Å². The standard InChI is InChI=1S/C16H15FO2/c1-11(16(18)19)13-8-9-14(15(17)10-13)12-6-4-2-3-5-7-12/h2-4,6-11H,5H2,1H3,(H,18,19). The van der Waals surface area contributed by atoms with Crippen molar-refractivity contribution in [1.82, 2.24) is 0 Å². The predicted molar refractivity (Wildman–Crippen MR) is 73.3 cm³/mol. The number of benzene rings is 1. The van der Waals surface area contributed by atoms with Gasteiger partial charge in [0.15, 0.2) is 0 Å². The Labute approximate surface area is 111 Å². The van der Waals surface area contributed by atoms with Crippen molar-refractivity contribution in [3.8, 4) is 0 Å². The molecule has 1 unspecified atom stereocenters. The lowest BCUT2D eigenvalue weighted by molar-refractivity contribution is -0.138. The second-order valence-corrected chi connectivity index (χ2v) is 4.48. The summed E-state index contributed by atoms with van der Waals surface area (Å²) >= 11 is 0. The molecule has 1 aliphatic rings. The van der Waals surface area contributed by atoms with E-state index in [9.17, 15) is 9.18 Å². The molecule has 0 amide bonds. The molecule has 2 rings (SSSR count). The Bertz CT molecular complexity index is 582. The van der Waals surface area contributed by atoms with Crippen LogP contribution in [0.15, 0.2) is 48.6 Å². The predicted octanol–water partition coefficient (Wildman–Crippen LogP) is 3.91. The van der Waals surface area contributed by atoms with Gasteiger partial charge in [0, 0.05) is 5.56 Å². The molecule has 0 aliphatic heterocycles. The Balaban J connectivity index is 2.34. The van der Waals surface area contributed by atoms with E-state index in [-0.39, 0.29) is 5.82 Å². The van der Waals surface area contributed by atoms with Gasteiger partial charge in [0.05, 0.1) is 5.92 Å². The number of hydrogen-bond acceptors (Lipinski definition) is 1. The van der Waals surface area contributed by atoms with Crippen LogP contribution in [0, 0.1) is 5.82 Å². The fourth-order valence-electron chi connectivity index (χ4n) is 1.96. The maximum Gasteiger partial charge on any atom is 0.310 e. The summed E-state index contributed by atoms with van der Waals surface area (Å²) in [6.45, 7) is 1.55. The van der Waals surface area contributed by atoms with Crippen LogP contribution in [0.5, 0.6) is 0 Å². The van der Waals surface area contributed by atoms with Gasteiger partial charge in [0.1, 0.15) is 5.82 Å². The fourth-order valence-corrected chi connectivity index (χ4v) is 1.96. The van der Waals surface area contributed by atoms with Gasteiger partial charge in [-0.25, -0.2) is 4.39 Å². The van der Waals surface area contributed by atoms with E-state index in [0.717, 1.165) is 12.0 Å². The van der Waals surface area contributed by atoms with E-state index in [1.54, 1.807) is 19.1 Å². The normalized spacial score (nSPS) is 15.8. The molecule has 1 N–H and O–H groups in total. The third-order valence-electron chi connectivity index (χ3n) is 3.17. The first-order valence-corrected chi connectivity index (χ1v) is 6.15. The number of allylic oxidation sites excluding steroid dienone is 6. The zero-order valence-corrected chi connectivity index (χ0v) is 10.6. The average Bonchev–Trinajstić information content (AvgIpc) is 2.66. The summed E-state index contributed by atoms with van der Waals surface area (Å²) in [5, 5.41) is 8.93. The average molecular weight is 258 g/mol.